The number of aromatic nitrogens is 2. The van der Waals surface area contributed by atoms with Crippen LogP contribution in [0.5, 0.6) is 0 Å². The summed E-state index contributed by atoms with van der Waals surface area (Å²) in [7, 11) is 0. The SMILES string of the molecule is Cc1ccc(-c2ncc3c(n2)CCCC3=O)cc1Br. The van der Waals surface area contributed by atoms with Crippen LogP contribution in [-0.2, 0) is 6.42 Å². The predicted octanol–water partition coefficient (Wildman–Crippen LogP) is 3.73. The molecule has 0 atom stereocenters. The maximum atomic E-state index is 11.7. The molecule has 0 fully saturated rings. The molecule has 3 rings (SSSR count). The van der Waals surface area contributed by atoms with Crippen LogP contribution in [0, 0.1) is 6.92 Å². The van der Waals surface area contributed by atoms with Gasteiger partial charge in [0.15, 0.2) is 11.6 Å². The van der Waals surface area contributed by atoms with E-state index in [1.165, 1.54) is 5.56 Å². The van der Waals surface area contributed by atoms with Gasteiger partial charge in [0.05, 0.1) is 11.3 Å². The van der Waals surface area contributed by atoms with Gasteiger partial charge in [-0.1, -0.05) is 28.1 Å². The molecule has 3 nitrogen and oxygen atoms in total. The van der Waals surface area contributed by atoms with E-state index in [-0.39, 0.29) is 5.78 Å². The Hall–Kier alpha value is -1.55. The van der Waals surface area contributed by atoms with Gasteiger partial charge in [0.1, 0.15) is 0 Å². The quantitative estimate of drug-likeness (QED) is 0.805. The minimum atomic E-state index is 0.165. The highest BCUT2D eigenvalue weighted by atomic mass is 79.9. The second kappa shape index (κ2) is 4.85. The van der Waals surface area contributed by atoms with Crippen LogP contribution in [-0.4, -0.2) is 15.8 Å². The lowest BCUT2D eigenvalue weighted by atomic mass is 9.96. The van der Waals surface area contributed by atoms with Gasteiger partial charge in [0.2, 0.25) is 0 Å². The zero-order chi connectivity index (χ0) is 13.4. The molecule has 1 aliphatic rings. The number of nitrogens with zero attached hydrogens (tertiary/aromatic N) is 2. The third kappa shape index (κ3) is 2.32. The van der Waals surface area contributed by atoms with Gasteiger partial charge in [-0.3, -0.25) is 4.79 Å². The number of benzene rings is 1. The van der Waals surface area contributed by atoms with Crippen molar-refractivity contribution in [2.45, 2.75) is 26.2 Å². The highest BCUT2D eigenvalue weighted by Gasteiger charge is 2.19. The van der Waals surface area contributed by atoms with Crippen molar-refractivity contribution in [1.29, 1.82) is 0 Å². The lowest BCUT2D eigenvalue weighted by Crippen LogP contribution is -2.13. The van der Waals surface area contributed by atoms with Crippen molar-refractivity contribution in [3.63, 3.8) is 0 Å². The van der Waals surface area contributed by atoms with Crippen LogP contribution >= 0.6 is 15.9 Å². The van der Waals surface area contributed by atoms with Crippen LogP contribution < -0.4 is 0 Å². The Morgan fingerprint density at radius 2 is 2.11 bits per heavy atom. The monoisotopic (exact) mass is 316 g/mol. The van der Waals surface area contributed by atoms with E-state index in [4.69, 9.17) is 0 Å². The number of hydrogen-bond acceptors (Lipinski definition) is 3. The maximum Gasteiger partial charge on any atom is 0.166 e. The molecule has 0 N–H and O–H groups in total. The number of fused-ring (bicyclic) bond motifs is 1. The van der Waals surface area contributed by atoms with Gasteiger partial charge in [0, 0.05) is 22.7 Å². The summed E-state index contributed by atoms with van der Waals surface area (Å²) in [5, 5.41) is 0. The van der Waals surface area contributed by atoms with Gasteiger partial charge in [-0.15, -0.1) is 0 Å². The van der Waals surface area contributed by atoms with E-state index in [1.807, 2.05) is 25.1 Å². The van der Waals surface area contributed by atoms with Crippen molar-refractivity contribution in [3.8, 4) is 11.4 Å². The normalized spacial score (nSPS) is 14.3. The Morgan fingerprint density at radius 3 is 2.89 bits per heavy atom. The Labute approximate surface area is 120 Å². The van der Waals surface area contributed by atoms with Gasteiger partial charge >= 0.3 is 0 Å². The molecule has 0 saturated carbocycles. The van der Waals surface area contributed by atoms with E-state index < -0.39 is 0 Å². The van der Waals surface area contributed by atoms with E-state index in [0.29, 0.717) is 17.8 Å². The van der Waals surface area contributed by atoms with Gasteiger partial charge < -0.3 is 0 Å². The second-order valence-corrected chi connectivity index (χ2v) is 5.65. The average molecular weight is 317 g/mol. The Kier molecular flexibility index (Phi) is 3.19. The number of aryl methyl sites for hydroxylation is 2. The molecule has 0 spiro atoms. The van der Waals surface area contributed by atoms with Gasteiger partial charge in [-0.05, 0) is 31.4 Å². The fraction of sp³-hybridized carbons (Fsp3) is 0.267. The summed E-state index contributed by atoms with van der Waals surface area (Å²) in [6.07, 6.45) is 4.04. The van der Waals surface area contributed by atoms with Crippen molar-refractivity contribution >= 4 is 21.7 Å². The predicted molar refractivity (Wildman–Crippen MR) is 77.2 cm³/mol. The topological polar surface area (TPSA) is 42.9 Å². The number of carbonyl (C=O) groups is 1. The molecular weight excluding hydrogens is 304 g/mol. The van der Waals surface area contributed by atoms with E-state index in [2.05, 4.69) is 25.9 Å². The third-order valence-electron chi connectivity index (χ3n) is 3.42. The van der Waals surface area contributed by atoms with Crippen LogP contribution in [0.15, 0.2) is 28.9 Å². The van der Waals surface area contributed by atoms with Crippen molar-refractivity contribution in [1.82, 2.24) is 9.97 Å². The van der Waals surface area contributed by atoms with Crippen molar-refractivity contribution in [3.05, 3.63) is 45.7 Å². The largest absolute Gasteiger partial charge is 0.294 e. The lowest BCUT2D eigenvalue weighted by molar-refractivity contribution is 0.0971. The van der Waals surface area contributed by atoms with E-state index in [1.54, 1.807) is 6.20 Å². The first-order valence-electron chi connectivity index (χ1n) is 6.31. The zero-order valence-corrected chi connectivity index (χ0v) is 12.2. The number of halogens is 1. The molecule has 0 aliphatic heterocycles. The fourth-order valence-corrected chi connectivity index (χ4v) is 2.64. The third-order valence-corrected chi connectivity index (χ3v) is 4.27. The van der Waals surface area contributed by atoms with Gasteiger partial charge in [0.25, 0.3) is 0 Å². The summed E-state index contributed by atoms with van der Waals surface area (Å²) in [5.41, 5.74) is 3.73. The molecule has 0 saturated heterocycles. The molecule has 1 aromatic carbocycles. The second-order valence-electron chi connectivity index (χ2n) is 4.79. The molecule has 19 heavy (non-hydrogen) atoms. The highest BCUT2D eigenvalue weighted by molar-refractivity contribution is 9.10. The fourth-order valence-electron chi connectivity index (χ4n) is 2.26. The lowest BCUT2D eigenvalue weighted by Gasteiger charge is -2.14. The van der Waals surface area contributed by atoms with Gasteiger partial charge in [-0.25, -0.2) is 9.97 Å². The molecule has 1 heterocycles. The number of hydrogen-bond donors (Lipinski definition) is 0. The van der Waals surface area contributed by atoms with E-state index in [9.17, 15) is 4.79 Å². The van der Waals surface area contributed by atoms with Crippen molar-refractivity contribution in [2.24, 2.45) is 0 Å². The summed E-state index contributed by atoms with van der Waals surface area (Å²) in [6.45, 7) is 2.04. The van der Waals surface area contributed by atoms with Crippen molar-refractivity contribution in [2.75, 3.05) is 0 Å². The summed E-state index contributed by atoms with van der Waals surface area (Å²) in [4.78, 5) is 20.6. The van der Waals surface area contributed by atoms with E-state index in [0.717, 1.165) is 28.6 Å². The van der Waals surface area contributed by atoms with Crippen LogP contribution in [0.1, 0.15) is 34.5 Å². The van der Waals surface area contributed by atoms with Crippen LogP contribution in [0.3, 0.4) is 0 Å². The number of ketones is 1. The number of rotatable bonds is 1. The molecule has 0 radical (unpaired) electrons. The Morgan fingerprint density at radius 1 is 1.26 bits per heavy atom. The molecule has 96 valence electrons. The molecule has 0 unspecified atom stereocenters. The molecule has 4 heteroatoms. The van der Waals surface area contributed by atoms with Crippen molar-refractivity contribution < 1.29 is 4.79 Å². The summed E-state index contributed by atoms with van der Waals surface area (Å²) >= 11 is 3.52. The zero-order valence-electron chi connectivity index (χ0n) is 10.6. The Bertz CT molecular complexity index is 667. The minimum absolute atomic E-state index is 0.165. The smallest absolute Gasteiger partial charge is 0.166 e. The molecular formula is C15H13BrN2O. The summed E-state index contributed by atoms with van der Waals surface area (Å²) in [5.74, 6) is 0.854. The number of Topliss-reactive ketones (excluding diaryl/α,β-unsaturated/α-hetero) is 1. The minimum Gasteiger partial charge on any atom is -0.294 e. The molecule has 0 amide bonds. The Balaban J connectivity index is 2.06. The van der Waals surface area contributed by atoms with E-state index >= 15 is 0 Å². The summed E-state index contributed by atoms with van der Waals surface area (Å²) in [6, 6.07) is 6.06. The average Bonchev–Trinajstić information content (AvgIpc) is 2.42. The number of carbonyl (C=O) groups excluding carboxylic acids is 1. The highest BCUT2D eigenvalue weighted by Crippen LogP contribution is 2.25. The molecule has 1 aliphatic carbocycles. The van der Waals surface area contributed by atoms with Crippen LogP contribution in [0.25, 0.3) is 11.4 Å². The first-order chi connectivity index (χ1) is 9.15. The molecule has 2 aromatic rings. The molecule has 0 bridgehead atoms. The molecule has 1 aromatic heterocycles. The maximum absolute atomic E-state index is 11.7. The standard InChI is InChI=1S/C15H13BrN2O/c1-9-5-6-10(7-12(9)16)15-17-8-11-13(18-15)3-2-4-14(11)19/h5-8H,2-4H2,1H3. The summed E-state index contributed by atoms with van der Waals surface area (Å²) < 4.78 is 1.04. The van der Waals surface area contributed by atoms with Gasteiger partial charge in [-0.2, -0.15) is 0 Å². The first kappa shape index (κ1) is 12.5. The van der Waals surface area contributed by atoms with Crippen LogP contribution in [0.2, 0.25) is 0 Å². The van der Waals surface area contributed by atoms with Crippen LogP contribution in [0.4, 0.5) is 0 Å². The first-order valence-corrected chi connectivity index (χ1v) is 7.10.